The molecule has 1 heterocycles. The lowest BCUT2D eigenvalue weighted by Gasteiger charge is -2.35. The molecule has 6 nitrogen and oxygen atoms in total. The Morgan fingerprint density at radius 1 is 1.14 bits per heavy atom. The Bertz CT molecular complexity index is 1060. The number of hydrogen-bond acceptors (Lipinski definition) is 5. The van der Waals surface area contributed by atoms with Gasteiger partial charge in [0.25, 0.3) is 5.91 Å². The molecule has 0 radical (unpaired) electrons. The topological polar surface area (TPSA) is 75.7 Å². The molecule has 1 aliphatic heterocycles. The van der Waals surface area contributed by atoms with Crippen molar-refractivity contribution in [2.75, 3.05) is 7.05 Å². The summed E-state index contributed by atoms with van der Waals surface area (Å²) < 4.78 is 30.4. The molecule has 0 bridgehead atoms. The number of benzene rings is 2. The standard InChI is InChI=1S/C19H19BrN2O4S2/c1-12(2)28(24,25)26-16-9-5-7-14(11-16)19(13-6-4-8-15(20)10-13)17(23)21-18(27)22(19)3/h4-12H,1-3H3,(H,21,23,27). The van der Waals surface area contributed by atoms with Gasteiger partial charge in [-0.05, 0) is 61.5 Å². The Morgan fingerprint density at radius 3 is 2.29 bits per heavy atom. The first kappa shape index (κ1) is 20.8. The van der Waals surface area contributed by atoms with Crippen molar-refractivity contribution in [1.29, 1.82) is 0 Å². The number of carbonyl (C=O) groups excluding carboxylic acids is 1. The van der Waals surface area contributed by atoms with E-state index in [-0.39, 0.29) is 16.8 Å². The van der Waals surface area contributed by atoms with Crippen LogP contribution in [0.1, 0.15) is 25.0 Å². The van der Waals surface area contributed by atoms with Crippen LogP contribution < -0.4 is 9.50 Å². The predicted octanol–water partition coefficient (Wildman–Crippen LogP) is 3.16. The van der Waals surface area contributed by atoms with Crippen LogP contribution in [0.4, 0.5) is 0 Å². The Kier molecular flexibility index (Phi) is 5.53. The van der Waals surface area contributed by atoms with Crippen LogP contribution >= 0.6 is 28.1 Å². The summed E-state index contributed by atoms with van der Waals surface area (Å²) in [6, 6.07) is 13.9. The average molecular weight is 483 g/mol. The van der Waals surface area contributed by atoms with Crippen LogP contribution in [-0.4, -0.2) is 36.6 Å². The first-order valence-electron chi connectivity index (χ1n) is 8.48. The van der Waals surface area contributed by atoms with E-state index in [2.05, 4.69) is 21.2 Å². The minimum absolute atomic E-state index is 0.139. The van der Waals surface area contributed by atoms with Gasteiger partial charge in [0.1, 0.15) is 5.75 Å². The van der Waals surface area contributed by atoms with Crippen LogP contribution in [-0.2, 0) is 20.5 Å². The first-order valence-corrected chi connectivity index (χ1v) is 11.2. The Hall–Kier alpha value is -1.97. The monoisotopic (exact) mass is 482 g/mol. The number of halogens is 1. The predicted molar refractivity (Wildman–Crippen MR) is 115 cm³/mol. The van der Waals surface area contributed by atoms with E-state index < -0.39 is 20.9 Å². The second-order valence-corrected chi connectivity index (χ2v) is 10.1. The van der Waals surface area contributed by atoms with Crippen molar-refractivity contribution in [3.8, 4) is 5.75 Å². The Balaban J connectivity index is 2.20. The summed E-state index contributed by atoms with van der Waals surface area (Å²) in [7, 11) is -2.05. The number of nitrogens with one attached hydrogen (secondary N) is 1. The minimum Gasteiger partial charge on any atom is -0.382 e. The number of nitrogens with zero attached hydrogens (tertiary/aromatic N) is 1. The largest absolute Gasteiger partial charge is 0.382 e. The van der Waals surface area contributed by atoms with Crippen LogP contribution in [0.5, 0.6) is 5.75 Å². The quantitative estimate of drug-likeness (QED) is 0.520. The van der Waals surface area contributed by atoms with E-state index in [9.17, 15) is 13.2 Å². The smallest absolute Gasteiger partial charge is 0.311 e. The van der Waals surface area contributed by atoms with Crippen LogP contribution in [0, 0.1) is 0 Å². The van der Waals surface area contributed by atoms with E-state index in [4.69, 9.17) is 16.4 Å². The van der Waals surface area contributed by atoms with Gasteiger partial charge in [0.2, 0.25) is 0 Å². The van der Waals surface area contributed by atoms with E-state index in [1.54, 1.807) is 50.1 Å². The van der Waals surface area contributed by atoms with Gasteiger partial charge < -0.3 is 14.4 Å². The van der Waals surface area contributed by atoms with Crippen molar-refractivity contribution in [3.63, 3.8) is 0 Å². The van der Waals surface area contributed by atoms with Gasteiger partial charge in [0, 0.05) is 11.5 Å². The summed E-state index contributed by atoms with van der Waals surface area (Å²) in [6.07, 6.45) is 0. The van der Waals surface area contributed by atoms with Gasteiger partial charge in [-0.15, -0.1) is 0 Å². The molecule has 0 aromatic heterocycles. The highest BCUT2D eigenvalue weighted by Gasteiger charge is 2.52. The molecule has 1 fully saturated rings. The van der Waals surface area contributed by atoms with Gasteiger partial charge >= 0.3 is 10.1 Å². The average Bonchev–Trinajstić information content (AvgIpc) is 2.84. The van der Waals surface area contributed by atoms with Crippen molar-refractivity contribution in [1.82, 2.24) is 10.2 Å². The van der Waals surface area contributed by atoms with E-state index >= 15 is 0 Å². The zero-order valence-corrected chi connectivity index (χ0v) is 18.7. The van der Waals surface area contributed by atoms with E-state index in [1.165, 1.54) is 0 Å². The highest BCUT2D eigenvalue weighted by molar-refractivity contribution is 9.10. The molecule has 3 rings (SSSR count). The van der Waals surface area contributed by atoms with E-state index in [1.807, 2.05) is 24.3 Å². The third-order valence-electron chi connectivity index (χ3n) is 4.64. The van der Waals surface area contributed by atoms with Crippen molar-refractivity contribution >= 4 is 49.3 Å². The van der Waals surface area contributed by atoms with Crippen LogP contribution in [0.15, 0.2) is 53.0 Å². The highest BCUT2D eigenvalue weighted by atomic mass is 79.9. The van der Waals surface area contributed by atoms with Gasteiger partial charge in [0.05, 0.1) is 5.25 Å². The molecule has 0 spiro atoms. The third kappa shape index (κ3) is 3.42. The molecule has 1 atom stereocenters. The molecule has 0 aliphatic carbocycles. The first-order chi connectivity index (χ1) is 13.1. The molecule has 1 unspecified atom stereocenters. The van der Waals surface area contributed by atoms with Gasteiger partial charge in [0.15, 0.2) is 10.7 Å². The van der Waals surface area contributed by atoms with Crippen LogP contribution in [0.2, 0.25) is 0 Å². The van der Waals surface area contributed by atoms with Gasteiger partial charge in [-0.2, -0.15) is 8.42 Å². The second kappa shape index (κ2) is 7.46. The second-order valence-electron chi connectivity index (χ2n) is 6.69. The Labute approximate surface area is 178 Å². The summed E-state index contributed by atoms with van der Waals surface area (Å²) >= 11 is 8.75. The number of hydrogen-bond donors (Lipinski definition) is 1. The maximum atomic E-state index is 13.1. The normalized spacial score (nSPS) is 19.8. The summed E-state index contributed by atoms with van der Waals surface area (Å²) in [5, 5.41) is 2.29. The molecule has 1 saturated heterocycles. The molecule has 28 heavy (non-hydrogen) atoms. The molecule has 1 amide bonds. The lowest BCUT2D eigenvalue weighted by atomic mass is 9.81. The number of carbonyl (C=O) groups is 1. The fraction of sp³-hybridized carbons (Fsp3) is 0.263. The van der Waals surface area contributed by atoms with Gasteiger partial charge in [-0.3, -0.25) is 4.79 Å². The Morgan fingerprint density at radius 2 is 1.75 bits per heavy atom. The van der Waals surface area contributed by atoms with Crippen molar-refractivity contribution < 1.29 is 17.4 Å². The number of likely N-dealkylation sites (N-methyl/N-ethyl adjacent to an activating group) is 1. The summed E-state index contributed by atoms with van der Waals surface area (Å²) in [5.74, 6) is -0.179. The fourth-order valence-electron chi connectivity index (χ4n) is 3.11. The molecule has 0 saturated carbocycles. The van der Waals surface area contributed by atoms with Crippen LogP contribution in [0.3, 0.4) is 0 Å². The lowest BCUT2D eigenvalue weighted by molar-refractivity contribution is -0.124. The zero-order chi connectivity index (χ0) is 20.7. The fourth-order valence-corrected chi connectivity index (χ4v) is 4.30. The molecule has 1 aliphatic rings. The van der Waals surface area contributed by atoms with E-state index in [0.717, 1.165) is 4.47 Å². The highest BCUT2D eigenvalue weighted by Crippen LogP contribution is 2.41. The molecular weight excluding hydrogens is 464 g/mol. The summed E-state index contributed by atoms with van der Waals surface area (Å²) in [6.45, 7) is 3.08. The molecule has 9 heteroatoms. The molecule has 148 valence electrons. The summed E-state index contributed by atoms with van der Waals surface area (Å²) in [5.41, 5.74) is -0.0190. The van der Waals surface area contributed by atoms with E-state index in [0.29, 0.717) is 11.1 Å². The molecule has 2 aromatic carbocycles. The third-order valence-corrected chi connectivity index (χ3v) is 7.09. The van der Waals surface area contributed by atoms with Crippen molar-refractivity contribution in [2.24, 2.45) is 0 Å². The minimum atomic E-state index is -3.77. The lowest BCUT2D eigenvalue weighted by Crippen LogP contribution is -2.45. The number of rotatable bonds is 5. The molecule has 2 aromatic rings. The zero-order valence-electron chi connectivity index (χ0n) is 15.5. The maximum absolute atomic E-state index is 13.1. The summed E-state index contributed by atoms with van der Waals surface area (Å²) in [4.78, 5) is 14.8. The molecule has 1 N–H and O–H groups in total. The van der Waals surface area contributed by atoms with Gasteiger partial charge in [-0.25, -0.2) is 0 Å². The van der Waals surface area contributed by atoms with Gasteiger partial charge in [-0.1, -0.05) is 40.2 Å². The SMILES string of the molecule is CC(C)S(=O)(=O)Oc1cccc(C2(c3cccc(Br)c3)C(=O)NC(=S)N2C)c1. The van der Waals surface area contributed by atoms with Crippen molar-refractivity contribution in [3.05, 3.63) is 64.1 Å². The number of amides is 1. The maximum Gasteiger partial charge on any atom is 0.311 e. The van der Waals surface area contributed by atoms with Crippen LogP contribution in [0.25, 0.3) is 0 Å². The molecular formula is C19H19BrN2O4S2. The van der Waals surface area contributed by atoms with Crippen molar-refractivity contribution in [2.45, 2.75) is 24.6 Å². The number of thiocarbonyl (C=S) groups is 1.